The van der Waals surface area contributed by atoms with Crippen LogP contribution in [0.15, 0.2) is 59.1 Å². The van der Waals surface area contributed by atoms with Crippen LogP contribution in [0.3, 0.4) is 0 Å². The Morgan fingerprint density at radius 1 is 1.08 bits per heavy atom. The first-order valence-corrected chi connectivity index (χ1v) is 11.6. The lowest BCUT2D eigenvalue weighted by atomic mass is 9.58. The molecule has 3 aliphatic rings. The minimum Gasteiger partial charge on any atom is -0.510 e. The van der Waals surface area contributed by atoms with Gasteiger partial charge >= 0.3 is 0 Å². The summed E-state index contributed by atoms with van der Waals surface area (Å²) in [5.74, 6) is -7.46. The van der Waals surface area contributed by atoms with E-state index in [-0.39, 0.29) is 29.7 Å². The van der Waals surface area contributed by atoms with Crippen molar-refractivity contribution in [1.82, 2.24) is 4.90 Å². The number of aliphatic hydroxyl groups is 3. The fourth-order valence-electron chi connectivity index (χ4n) is 6.15. The van der Waals surface area contributed by atoms with Crippen LogP contribution in [0, 0.1) is 17.7 Å². The summed E-state index contributed by atoms with van der Waals surface area (Å²) in [6.07, 6.45) is 0.139. The summed E-state index contributed by atoms with van der Waals surface area (Å²) in [4.78, 5) is 40.6. The number of phenolic OH excluding ortho intramolecular Hbond substituents is 1. The minimum absolute atomic E-state index is 0.00965. The zero-order chi connectivity index (χ0) is 27.0. The molecule has 3 aliphatic carbocycles. The van der Waals surface area contributed by atoms with Crippen molar-refractivity contribution >= 4 is 17.5 Å². The lowest BCUT2D eigenvalue weighted by molar-refractivity contribution is -0.148. The smallest absolute Gasteiger partial charge is 0.255 e. The number of rotatable bonds is 3. The van der Waals surface area contributed by atoms with E-state index in [2.05, 4.69) is 0 Å². The molecular formula is C27H25FN2O7. The maximum Gasteiger partial charge on any atom is 0.255 e. The number of halogens is 1. The summed E-state index contributed by atoms with van der Waals surface area (Å²) in [5, 5.41) is 44.4. The number of phenols is 1. The molecular weight excluding hydrogens is 483 g/mol. The van der Waals surface area contributed by atoms with Gasteiger partial charge in [0.05, 0.1) is 11.6 Å². The molecule has 10 heteroatoms. The SMILES string of the molecule is CN(C)[C@@H]1C(O)=C(C(N)=O)C(=O)[C@@]2(O)C(O)=C3C(=O)c4c(O)ccc(-c5ccc(F)cc5)c4C[C@H]3C[C@@H]12. The number of hydrogen-bond acceptors (Lipinski definition) is 8. The highest BCUT2D eigenvalue weighted by atomic mass is 19.1. The summed E-state index contributed by atoms with van der Waals surface area (Å²) >= 11 is 0. The molecule has 4 atom stereocenters. The predicted molar refractivity (Wildman–Crippen MR) is 129 cm³/mol. The van der Waals surface area contributed by atoms with Gasteiger partial charge in [0.15, 0.2) is 11.4 Å². The average molecular weight is 509 g/mol. The van der Waals surface area contributed by atoms with Gasteiger partial charge in [-0.25, -0.2) is 4.39 Å². The van der Waals surface area contributed by atoms with Crippen LogP contribution >= 0.6 is 0 Å². The van der Waals surface area contributed by atoms with Gasteiger partial charge in [-0.3, -0.25) is 19.3 Å². The van der Waals surface area contributed by atoms with E-state index < -0.39 is 63.9 Å². The van der Waals surface area contributed by atoms with Crippen molar-refractivity contribution in [3.05, 3.63) is 76.0 Å². The minimum atomic E-state index is -2.69. The molecule has 0 unspecified atom stereocenters. The van der Waals surface area contributed by atoms with E-state index in [1.807, 2.05) is 0 Å². The molecule has 192 valence electrons. The Bertz CT molecular complexity index is 1440. The lowest BCUT2D eigenvalue weighted by Gasteiger charge is -2.50. The molecule has 5 rings (SSSR count). The molecule has 0 fully saturated rings. The van der Waals surface area contributed by atoms with Gasteiger partial charge in [0.25, 0.3) is 5.91 Å². The second kappa shape index (κ2) is 8.25. The third-order valence-electron chi connectivity index (χ3n) is 7.76. The van der Waals surface area contributed by atoms with Crippen molar-refractivity contribution in [2.24, 2.45) is 17.6 Å². The summed E-state index contributed by atoms with van der Waals surface area (Å²) < 4.78 is 13.5. The molecule has 2 aromatic rings. The summed E-state index contributed by atoms with van der Waals surface area (Å²) in [6.45, 7) is 0. The van der Waals surface area contributed by atoms with Crippen LogP contribution in [0.1, 0.15) is 22.3 Å². The zero-order valence-corrected chi connectivity index (χ0v) is 20.0. The normalized spacial score (nSPS) is 27.2. The number of benzene rings is 2. The van der Waals surface area contributed by atoms with Crippen LogP contribution < -0.4 is 5.73 Å². The van der Waals surface area contributed by atoms with E-state index >= 15 is 0 Å². The number of aromatic hydroxyl groups is 1. The molecule has 0 saturated heterocycles. The molecule has 6 N–H and O–H groups in total. The fourth-order valence-corrected chi connectivity index (χ4v) is 6.15. The number of hydrogen-bond donors (Lipinski definition) is 5. The number of allylic oxidation sites excluding steroid dienone is 1. The second-order valence-electron chi connectivity index (χ2n) is 9.96. The van der Waals surface area contributed by atoms with Crippen LogP contribution in [-0.2, 0) is 16.0 Å². The number of fused-ring (bicyclic) bond motifs is 3. The van der Waals surface area contributed by atoms with Gasteiger partial charge in [-0.2, -0.15) is 0 Å². The number of ketones is 2. The Kier molecular flexibility index (Phi) is 5.50. The molecule has 2 aromatic carbocycles. The number of likely N-dealkylation sites (N-methyl/N-ethyl adjacent to an activating group) is 1. The maximum absolute atomic E-state index is 13.7. The number of carbonyl (C=O) groups excluding carboxylic acids is 3. The van der Waals surface area contributed by atoms with Gasteiger partial charge in [-0.15, -0.1) is 0 Å². The highest BCUT2D eigenvalue weighted by molar-refractivity contribution is 6.24. The molecule has 0 radical (unpaired) electrons. The molecule has 1 amide bonds. The number of aliphatic hydroxyl groups excluding tert-OH is 2. The first kappa shape index (κ1) is 24.7. The van der Waals surface area contributed by atoms with E-state index in [0.717, 1.165) is 0 Å². The molecule has 0 bridgehead atoms. The highest BCUT2D eigenvalue weighted by Gasteiger charge is 2.63. The van der Waals surface area contributed by atoms with Gasteiger partial charge in [0, 0.05) is 11.5 Å². The van der Waals surface area contributed by atoms with Gasteiger partial charge < -0.3 is 26.2 Å². The van der Waals surface area contributed by atoms with E-state index in [9.17, 15) is 39.2 Å². The quantitative estimate of drug-likeness (QED) is 0.393. The molecule has 0 spiro atoms. The monoisotopic (exact) mass is 508 g/mol. The largest absolute Gasteiger partial charge is 0.510 e. The number of carbonyl (C=O) groups is 3. The molecule has 37 heavy (non-hydrogen) atoms. The number of primary amides is 1. The van der Waals surface area contributed by atoms with E-state index in [1.54, 1.807) is 32.3 Å². The van der Waals surface area contributed by atoms with E-state index in [1.165, 1.54) is 23.1 Å². The Morgan fingerprint density at radius 3 is 2.32 bits per heavy atom. The fraction of sp³-hybridized carbons (Fsp3) is 0.296. The number of amides is 1. The first-order valence-electron chi connectivity index (χ1n) is 11.6. The molecule has 0 saturated carbocycles. The Balaban J connectivity index is 1.72. The van der Waals surface area contributed by atoms with Gasteiger partial charge in [-0.05, 0) is 67.7 Å². The third-order valence-corrected chi connectivity index (χ3v) is 7.76. The topological polar surface area (TPSA) is 161 Å². The van der Waals surface area contributed by atoms with Crippen molar-refractivity contribution in [2.75, 3.05) is 14.1 Å². The summed E-state index contributed by atoms with van der Waals surface area (Å²) in [5.41, 5.74) is 3.14. The van der Waals surface area contributed by atoms with Crippen molar-refractivity contribution in [2.45, 2.75) is 24.5 Å². The molecule has 0 heterocycles. The highest BCUT2D eigenvalue weighted by Crippen LogP contribution is 2.53. The first-order chi connectivity index (χ1) is 17.4. The number of nitrogens with zero attached hydrogens (tertiary/aromatic N) is 1. The Hall–Kier alpha value is -4.02. The van der Waals surface area contributed by atoms with Crippen molar-refractivity contribution in [3.8, 4) is 16.9 Å². The Labute approximate surface area is 210 Å². The van der Waals surface area contributed by atoms with Crippen molar-refractivity contribution < 1.29 is 39.2 Å². The summed E-state index contributed by atoms with van der Waals surface area (Å²) in [6, 6.07) is 7.51. The van der Waals surface area contributed by atoms with Crippen LogP contribution in [0.5, 0.6) is 5.75 Å². The van der Waals surface area contributed by atoms with E-state index in [4.69, 9.17) is 5.73 Å². The average Bonchev–Trinajstić information content (AvgIpc) is 2.82. The van der Waals surface area contributed by atoms with Crippen LogP contribution in [0.25, 0.3) is 11.1 Å². The molecule has 9 nitrogen and oxygen atoms in total. The maximum atomic E-state index is 13.7. The predicted octanol–water partition coefficient (Wildman–Crippen LogP) is 1.93. The van der Waals surface area contributed by atoms with Crippen LogP contribution in [0.4, 0.5) is 4.39 Å². The van der Waals surface area contributed by atoms with Gasteiger partial charge in [0.2, 0.25) is 5.78 Å². The van der Waals surface area contributed by atoms with Crippen LogP contribution in [0.2, 0.25) is 0 Å². The lowest BCUT2D eigenvalue weighted by Crippen LogP contribution is -2.63. The van der Waals surface area contributed by atoms with Gasteiger partial charge in [-0.1, -0.05) is 18.2 Å². The number of Topliss-reactive ketones (excluding diaryl/α,β-unsaturated/α-hetero) is 2. The zero-order valence-electron chi connectivity index (χ0n) is 20.0. The van der Waals surface area contributed by atoms with Crippen molar-refractivity contribution in [1.29, 1.82) is 0 Å². The second-order valence-corrected chi connectivity index (χ2v) is 9.96. The molecule has 0 aromatic heterocycles. The molecule has 0 aliphatic heterocycles. The van der Waals surface area contributed by atoms with Crippen molar-refractivity contribution in [3.63, 3.8) is 0 Å². The third kappa shape index (κ3) is 3.32. The Morgan fingerprint density at radius 2 is 1.73 bits per heavy atom. The van der Waals surface area contributed by atoms with Crippen LogP contribution in [-0.4, -0.2) is 68.5 Å². The summed E-state index contributed by atoms with van der Waals surface area (Å²) in [7, 11) is 3.13. The number of nitrogens with two attached hydrogens (primary N) is 1. The van der Waals surface area contributed by atoms with E-state index in [0.29, 0.717) is 16.7 Å². The van der Waals surface area contributed by atoms with Gasteiger partial charge in [0.1, 0.15) is 28.7 Å². The standard InChI is InChI=1S/C27H25FN2O7/c1-30(2)21-16-10-12-9-15-14(11-3-5-13(28)6-4-11)7-8-17(31)19(15)22(32)18(12)24(34)27(16,37)25(35)20(23(21)33)26(29)36/h3-8,12,16,21,31,33-34,37H,9-10H2,1-2H3,(H2,29,36)/t12-,16-,21-,27-/m0/s1.